The third-order valence-corrected chi connectivity index (χ3v) is 7.60. The second kappa shape index (κ2) is 9.25. The first-order valence-electron chi connectivity index (χ1n) is 10.2. The summed E-state index contributed by atoms with van der Waals surface area (Å²) in [6.07, 6.45) is 3.64. The molecule has 3 heterocycles. The maximum absolute atomic E-state index is 12.4. The highest BCUT2D eigenvalue weighted by atomic mass is 32.2. The molecular weight excluding hydrogens is 448 g/mol. The monoisotopic (exact) mass is 472 g/mol. The van der Waals surface area contributed by atoms with E-state index in [1.165, 1.54) is 6.08 Å². The van der Waals surface area contributed by atoms with Gasteiger partial charge < -0.3 is 10.1 Å². The summed E-state index contributed by atoms with van der Waals surface area (Å²) in [5.41, 5.74) is 2.47. The molecule has 1 aliphatic heterocycles. The van der Waals surface area contributed by atoms with Gasteiger partial charge in [0.1, 0.15) is 18.2 Å². The summed E-state index contributed by atoms with van der Waals surface area (Å²) in [6, 6.07) is 8.90. The molecule has 32 heavy (non-hydrogen) atoms. The number of ether oxygens (including phenoxy) is 1. The van der Waals surface area contributed by atoms with E-state index in [2.05, 4.69) is 15.4 Å². The summed E-state index contributed by atoms with van der Waals surface area (Å²) < 4.78 is 30.9. The van der Waals surface area contributed by atoms with Crippen LogP contribution < -0.4 is 10.1 Å². The van der Waals surface area contributed by atoms with Crippen LogP contribution in [-0.2, 0) is 21.2 Å². The molecule has 168 valence electrons. The minimum Gasteiger partial charge on any atom is -0.487 e. The Morgan fingerprint density at radius 3 is 2.75 bits per heavy atom. The molecule has 8 nitrogen and oxygen atoms in total. The molecule has 1 atom stereocenters. The molecule has 1 aliphatic rings. The average Bonchev–Trinajstić information content (AvgIpc) is 3.43. The minimum absolute atomic E-state index is 0.0450. The Kier molecular flexibility index (Phi) is 6.43. The number of hydrogen-bond donors (Lipinski definition) is 1. The molecule has 0 saturated carbocycles. The van der Waals surface area contributed by atoms with Crippen molar-refractivity contribution in [2.45, 2.75) is 32.9 Å². The highest BCUT2D eigenvalue weighted by molar-refractivity contribution is 7.91. The molecule has 0 aliphatic carbocycles. The Labute approximate surface area is 190 Å². The lowest BCUT2D eigenvalue weighted by molar-refractivity contribution is -0.111. The van der Waals surface area contributed by atoms with Gasteiger partial charge in [-0.15, -0.1) is 11.3 Å². The van der Waals surface area contributed by atoms with Crippen LogP contribution in [0.15, 0.2) is 41.8 Å². The molecule has 0 unspecified atom stereocenters. The van der Waals surface area contributed by atoms with Gasteiger partial charge in [-0.25, -0.2) is 18.1 Å². The second-order valence-electron chi connectivity index (χ2n) is 7.71. The van der Waals surface area contributed by atoms with Gasteiger partial charge in [0, 0.05) is 17.5 Å². The van der Waals surface area contributed by atoms with Gasteiger partial charge in [0.25, 0.3) is 0 Å². The Bertz CT molecular complexity index is 1240. The molecule has 1 fully saturated rings. The van der Waals surface area contributed by atoms with Crippen LogP contribution in [0, 0.1) is 13.8 Å². The lowest BCUT2D eigenvalue weighted by atomic mass is 10.2. The summed E-state index contributed by atoms with van der Waals surface area (Å²) >= 11 is 1.59. The lowest BCUT2D eigenvalue weighted by Crippen LogP contribution is -2.18. The third kappa shape index (κ3) is 5.63. The molecule has 1 amide bonds. The summed E-state index contributed by atoms with van der Waals surface area (Å²) in [5.74, 6) is 1.10. The average molecular weight is 473 g/mol. The van der Waals surface area contributed by atoms with Gasteiger partial charge in [0.2, 0.25) is 5.91 Å². The van der Waals surface area contributed by atoms with Crippen LogP contribution in [0.25, 0.3) is 6.08 Å². The van der Waals surface area contributed by atoms with Gasteiger partial charge in [0.15, 0.2) is 9.84 Å². The number of rotatable bonds is 7. The molecule has 3 aromatic rings. The van der Waals surface area contributed by atoms with E-state index in [4.69, 9.17) is 4.74 Å². The van der Waals surface area contributed by atoms with Crippen LogP contribution in [0.4, 0.5) is 5.82 Å². The molecular formula is C22H24N4O4S2. The van der Waals surface area contributed by atoms with E-state index in [1.54, 1.807) is 28.2 Å². The standard InChI is InChI=1S/C22H24N4O4S2/c1-15-11-21(26(25-15)19-9-10-32(28,29)14-19)24-22(27)8-5-17-3-6-20(7-4-17)30-12-18-13-31-16(2)23-18/h3-8,11,13,19H,9-10,12,14H2,1-2H3,(H,24,27)/b8-5-/t19-/m1/s1. The number of nitrogens with zero attached hydrogens (tertiary/aromatic N) is 3. The Hall–Kier alpha value is -2.98. The Morgan fingerprint density at radius 2 is 2.09 bits per heavy atom. The molecule has 0 spiro atoms. The van der Waals surface area contributed by atoms with E-state index in [-0.39, 0.29) is 23.5 Å². The molecule has 10 heteroatoms. The van der Waals surface area contributed by atoms with Gasteiger partial charge in [-0.1, -0.05) is 12.1 Å². The first kappa shape index (κ1) is 22.2. The number of benzene rings is 1. The van der Waals surface area contributed by atoms with Gasteiger partial charge in [-0.2, -0.15) is 5.10 Å². The van der Waals surface area contributed by atoms with E-state index >= 15 is 0 Å². The molecule has 1 aromatic carbocycles. The van der Waals surface area contributed by atoms with E-state index in [1.807, 2.05) is 43.5 Å². The summed E-state index contributed by atoms with van der Waals surface area (Å²) in [4.78, 5) is 16.8. The van der Waals surface area contributed by atoms with Gasteiger partial charge in [0.05, 0.1) is 33.9 Å². The number of carbonyl (C=O) groups excluding carboxylic acids is 1. The molecule has 4 rings (SSSR count). The molecule has 2 aromatic heterocycles. The van der Waals surface area contributed by atoms with Crippen LogP contribution in [0.3, 0.4) is 0 Å². The first-order chi connectivity index (χ1) is 15.3. The quantitative estimate of drug-likeness (QED) is 0.528. The SMILES string of the molecule is Cc1cc(NC(=O)/C=C\c2ccc(OCc3csc(C)n3)cc2)n([C@@H]2CCS(=O)(=O)C2)n1. The molecule has 0 radical (unpaired) electrons. The van der Waals surface area contributed by atoms with Crippen molar-refractivity contribution in [2.75, 3.05) is 16.8 Å². The van der Waals surface area contributed by atoms with Crippen LogP contribution >= 0.6 is 11.3 Å². The number of amides is 1. The molecule has 1 saturated heterocycles. The first-order valence-corrected chi connectivity index (χ1v) is 12.9. The molecule has 1 N–H and O–H groups in total. The number of carbonyl (C=O) groups is 1. The highest BCUT2D eigenvalue weighted by Gasteiger charge is 2.31. The van der Waals surface area contributed by atoms with Gasteiger partial charge >= 0.3 is 0 Å². The van der Waals surface area contributed by atoms with Crippen molar-refractivity contribution in [3.05, 3.63) is 63.7 Å². The number of sulfone groups is 1. The van der Waals surface area contributed by atoms with Crippen LogP contribution in [-0.4, -0.2) is 40.6 Å². The Balaban J connectivity index is 1.35. The number of hydrogen-bond acceptors (Lipinski definition) is 7. The number of thiazole rings is 1. The smallest absolute Gasteiger partial charge is 0.249 e. The summed E-state index contributed by atoms with van der Waals surface area (Å²) in [6.45, 7) is 4.18. The summed E-state index contributed by atoms with van der Waals surface area (Å²) in [5, 5.41) is 10.2. The van der Waals surface area contributed by atoms with Gasteiger partial charge in [-0.3, -0.25) is 4.79 Å². The largest absolute Gasteiger partial charge is 0.487 e. The zero-order valence-electron chi connectivity index (χ0n) is 17.8. The van der Waals surface area contributed by atoms with Crippen LogP contribution in [0.1, 0.15) is 34.4 Å². The summed E-state index contributed by atoms with van der Waals surface area (Å²) in [7, 11) is -3.05. The van der Waals surface area contributed by atoms with E-state index in [0.29, 0.717) is 18.8 Å². The Morgan fingerprint density at radius 1 is 1.31 bits per heavy atom. The van der Waals surface area contributed by atoms with Crippen LogP contribution in [0.5, 0.6) is 5.75 Å². The maximum atomic E-state index is 12.4. The minimum atomic E-state index is -3.05. The second-order valence-corrected chi connectivity index (χ2v) is 11.0. The van der Waals surface area contributed by atoms with Crippen molar-refractivity contribution in [1.82, 2.24) is 14.8 Å². The normalized spacial score (nSPS) is 17.6. The van der Waals surface area contributed by atoms with E-state index in [9.17, 15) is 13.2 Å². The maximum Gasteiger partial charge on any atom is 0.249 e. The van der Waals surface area contributed by atoms with Crippen molar-refractivity contribution < 1.29 is 17.9 Å². The van der Waals surface area contributed by atoms with Crippen molar-refractivity contribution in [1.29, 1.82) is 0 Å². The van der Waals surface area contributed by atoms with E-state index in [0.717, 1.165) is 27.7 Å². The topological polar surface area (TPSA) is 103 Å². The number of aromatic nitrogens is 3. The predicted molar refractivity (Wildman–Crippen MR) is 125 cm³/mol. The van der Waals surface area contributed by atoms with Crippen molar-refractivity contribution in [3.8, 4) is 5.75 Å². The van der Waals surface area contributed by atoms with Crippen molar-refractivity contribution >= 4 is 39.0 Å². The van der Waals surface area contributed by atoms with Crippen LogP contribution in [0.2, 0.25) is 0 Å². The lowest BCUT2D eigenvalue weighted by Gasteiger charge is -2.13. The van der Waals surface area contributed by atoms with Crippen molar-refractivity contribution in [3.63, 3.8) is 0 Å². The zero-order chi connectivity index (χ0) is 22.7. The third-order valence-electron chi connectivity index (χ3n) is 5.02. The fraction of sp³-hybridized carbons (Fsp3) is 0.318. The predicted octanol–water partition coefficient (Wildman–Crippen LogP) is 3.55. The van der Waals surface area contributed by atoms with Crippen molar-refractivity contribution in [2.24, 2.45) is 0 Å². The highest BCUT2D eigenvalue weighted by Crippen LogP contribution is 2.27. The zero-order valence-corrected chi connectivity index (χ0v) is 19.4. The number of nitrogens with one attached hydrogen (secondary N) is 1. The number of anilines is 1. The van der Waals surface area contributed by atoms with E-state index < -0.39 is 9.84 Å². The fourth-order valence-electron chi connectivity index (χ4n) is 3.50. The van der Waals surface area contributed by atoms with Gasteiger partial charge in [-0.05, 0) is 44.0 Å². The molecule has 0 bridgehead atoms. The number of aryl methyl sites for hydroxylation is 2. The fourth-order valence-corrected chi connectivity index (χ4v) is 5.79.